The van der Waals surface area contributed by atoms with Crippen LogP contribution in [0.25, 0.3) is 0 Å². The topological polar surface area (TPSA) is 56.3 Å². The number of hydrogen-bond donors (Lipinski definition) is 1. The highest BCUT2D eigenvalue weighted by Crippen LogP contribution is 2.38. The molecule has 0 bridgehead atoms. The van der Waals surface area contributed by atoms with Gasteiger partial charge in [-0.1, -0.05) is 0 Å². The van der Waals surface area contributed by atoms with Gasteiger partial charge in [0, 0.05) is 29.4 Å². The first-order valence-electron chi connectivity index (χ1n) is 5.13. The van der Waals surface area contributed by atoms with Crippen LogP contribution in [0.5, 0.6) is 11.5 Å². The molecule has 2 rings (SSSR count). The number of rotatable bonds is 4. The summed E-state index contributed by atoms with van der Waals surface area (Å²) in [6.07, 6.45) is 0. The Kier molecular flexibility index (Phi) is 4.03. The van der Waals surface area contributed by atoms with Crippen molar-refractivity contribution in [2.75, 3.05) is 19.5 Å². The highest BCUT2D eigenvalue weighted by molar-refractivity contribution is 9.10. The van der Waals surface area contributed by atoms with Crippen LogP contribution in [0, 0.1) is 6.92 Å². The molecular formula is C11H12BrN3O2S. The van der Waals surface area contributed by atoms with E-state index in [2.05, 4.69) is 30.6 Å². The second kappa shape index (κ2) is 5.53. The third kappa shape index (κ3) is 2.73. The van der Waals surface area contributed by atoms with Crippen LogP contribution < -0.4 is 14.8 Å². The second-order valence-electron chi connectivity index (χ2n) is 3.47. The lowest BCUT2D eigenvalue weighted by molar-refractivity contribution is 0.390. The van der Waals surface area contributed by atoms with Crippen molar-refractivity contribution in [2.45, 2.75) is 6.92 Å². The number of benzene rings is 1. The highest BCUT2D eigenvalue weighted by Gasteiger charge is 2.11. The normalized spacial score (nSPS) is 10.2. The number of anilines is 2. The van der Waals surface area contributed by atoms with E-state index in [1.807, 2.05) is 19.1 Å². The second-order valence-corrected chi connectivity index (χ2v) is 5.01. The maximum Gasteiger partial charge on any atom is 0.207 e. The minimum absolute atomic E-state index is 0.693. The van der Waals surface area contributed by atoms with Gasteiger partial charge in [0.05, 0.1) is 14.2 Å². The van der Waals surface area contributed by atoms with Gasteiger partial charge >= 0.3 is 0 Å². The summed E-state index contributed by atoms with van der Waals surface area (Å²) in [4.78, 5) is 4.24. The summed E-state index contributed by atoms with van der Waals surface area (Å²) >= 11 is 4.73. The predicted octanol–water partition coefficient (Wildman–Crippen LogP) is 3.37. The van der Waals surface area contributed by atoms with Crippen LogP contribution in [0.4, 0.5) is 10.8 Å². The number of ether oxygens (including phenoxy) is 2. The van der Waals surface area contributed by atoms with E-state index in [9.17, 15) is 0 Å². The number of halogens is 1. The number of nitrogens with one attached hydrogen (secondary N) is 1. The Balaban J connectivity index is 2.33. The molecule has 1 N–H and O–H groups in total. The van der Waals surface area contributed by atoms with Gasteiger partial charge in [0.2, 0.25) is 5.13 Å². The zero-order valence-electron chi connectivity index (χ0n) is 10.2. The smallest absolute Gasteiger partial charge is 0.207 e. The first-order chi connectivity index (χ1) is 8.63. The van der Waals surface area contributed by atoms with E-state index >= 15 is 0 Å². The van der Waals surface area contributed by atoms with E-state index in [1.54, 1.807) is 14.2 Å². The summed E-state index contributed by atoms with van der Waals surface area (Å²) in [5, 5.41) is 3.90. The number of nitrogens with zero attached hydrogens (tertiary/aromatic N) is 2. The van der Waals surface area contributed by atoms with E-state index in [4.69, 9.17) is 9.47 Å². The lowest BCUT2D eigenvalue weighted by Crippen LogP contribution is -1.95. The largest absolute Gasteiger partial charge is 0.495 e. The predicted molar refractivity (Wildman–Crippen MR) is 75.2 cm³/mol. The molecule has 0 atom stereocenters. The standard InChI is InChI=1S/C11H12BrN3O2S/c1-6-13-11(18-15-6)14-7-4-8(16-2)10(12)9(5-7)17-3/h4-5H,1-3H3,(H,13,14,15). The van der Waals surface area contributed by atoms with Gasteiger partial charge in [-0.05, 0) is 22.9 Å². The van der Waals surface area contributed by atoms with Crippen molar-refractivity contribution in [3.8, 4) is 11.5 Å². The molecule has 0 radical (unpaired) electrons. The average Bonchev–Trinajstić information content (AvgIpc) is 2.76. The summed E-state index contributed by atoms with van der Waals surface area (Å²) in [7, 11) is 3.22. The van der Waals surface area contributed by atoms with Crippen LogP contribution >= 0.6 is 27.5 Å². The first-order valence-corrected chi connectivity index (χ1v) is 6.69. The van der Waals surface area contributed by atoms with Crippen molar-refractivity contribution in [3.05, 3.63) is 22.4 Å². The molecule has 1 heterocycles. The van der Waals surface area contributed by atoms with Crippen LogP contribution in [-0.4, -0.2) is 23.6 Å². The van der Waals surface area contributed by atoms with E-state index in [1.165, 1.54) is 11.5 Å². The van der Waals surface area contributed by atoms with Crippen molar-refractivity contribution < 1.29 is 9.47 Å². The number of aromatic nitrogens is 2. The maximum atomic E-state index is 5.27. The van der Waals surface area contributed by atoms with Gasteiger partial charge in [0.25, 0.3) is 0 Å². The molecule has 0 fully saturated rings. The van der Waals surface area contributed by atoms with Gasteiger partial charge in [0.15, 0.2) is 0 Å². The van der Waals surface area contributed by atoms with E-state index < -0.39 is 0 Å². The van der Waals surface area contributed by atoms with Gasteiger partial charge in [0.1, 0.15) is 21.8 Å². The Morgan fingerprint density at radius 3 is 2.28 bits per heavy atom. The third-order valence-corrected chi connectivity index (χ3v) is 3.73. The summed E-state index contributed by atoms with van der Waals surface area (Å²) < 4.78 is 15.4. The van der Waals surface area contributed by atoms with Gasteiger partial charge < -0.3 is 14.8 Å². The van der Waals surface area contributed by atoms with E-state index in [-0.39, 0.29) is 0 Å². The number of hydrogen-bond acceptors (Lipinski definition) is 6. The fraction of sp³-hybridized carbons (Fsp3) is 0.273. The van der Waals surface area contributed by atoms with Gasteiger partial charge in [-0.3, -0.25) is 0 Å². The molecule has 0 amide bonds. The minimum Gasteiger partial charge on any atom is -0.495 e. The average molecular weight is 330 g/mol. The Morgan fingerprint density at radius 2 is 1.83 bits per heavy atom. The molecule has 0 aliphatic heterocycles. The number of aryl methyl sites for hydroxylation is 1. The Hall–Kier alpha value is -1.34. The van der Waals surface area contributed by atoms with Crippen LogP contribution in [-0.2, 0) is 0 Å². The third-order valence-electron chi connectivity index (χ3n) is 2.22. The molecule has 0 aliphatic rings. The van der Waals surface area contributed by atoms with Crippen molar-refractivity contribution in [3.63, 3.8) is 0 Å². The molecule has 0 unspecified atom stereocenters. The molecule has 5 nitrogen and oxygen atoms in total. The van der Waals surface area contributed by atoms with Crippen molar-refractivity contribution >= 4 is 38.3 Å². The molecule has 0 saturated heterocycles. The summed E-state index contributed by atoms with van der Waals surface area (Å²) in [6.45, 7) is 1.85. The zero-order valence-corrected chi connectivity index (χ0v) is 12.6. The Bertz CT molecular complexity index is 534. The summed E-state index contributed by atoms with van der Waals surface area (Å²) in [6, 6.07) is 3.73. The van der Waals surface area contributed by atoms with Gasteiger partial charge in [-0.2, -0.15) is 4.37 Å². The Morgan fingerprint density at radius 1 is 1.22 bits per heavy atom. The van der Waals surface area contributed by atoms with Crippen LogP contribution in [0.1, 0.15) is 5.82 Å². The fourth-order valence-electron chi connectivity index (χ4n) is 1.41. The highest BCUT2D eigenvalue weighted by atomic mass is 79.9. The molecule has 1 aromatic heterocycles. The molecule has 0 spiro atoms. The maximum absolute atomic E-state index is 5.27. The minimum atomic E-state index is 0.693. The zero-order chi connectivity index (χ0) is 13.1. The monoisotopic (exact) mass is 329 g/mol. The molecule has 7 heteroatoms. The van der Waals surface area contributed by atoms with E-state index in [0.717, 1.165) is 21.1 Å². The van der Waals surface area contributed by atoms with Crippen LogP contribution in [0.3, 0.4) is 0 Å². The van der Waals surface area contributed by atoms with Gasteiger partial charge in [-0.25, -0.2) is 4.98 Å². The summed E-state index contributed by atoms with van der Waals surface area (Å²) in [5.41, 5.74) is 0.836. The molecular weight excluding hydrogens is 318 g/mol. The first kappa shape index (κ1) is 13.1. The fourth-order valence-corrected chi connectivity index (χ4v) is 2.56. The lowest BCUT2D eigenvalue weighted by Gasteiger charge is -2.11. The molecule has 0 aliphatic carbocycles. The van der Waals surface area contributed by atoms with Crippen LogP contribution in [0.15, 0.2) is 16.6 Å². The summed E-state index contributed by atoms with van der Waals surface area (Å²) in [5.74, 6) is 2.13. The molecule has 2 aromatic rings. The Labute approximate surface area is 117 Å². The molecule has 1 aromatic carbocycles. The molecule has 0 saturated carbocycles. The van der Waals surface area contributed by atoms with Crippen molar-refractivity contribution in [1.29, 1.82) is 0 Å². The van der Waals surface area contributed by atoms with Crippen molar-refractivity contribution in [2.24, 2.45) is 0 Å². The quantitative estimate of drug-likeness (QED) is 0.931. The van der Waals surface area contributed by atoms with Crippen LogP contribution in [0.2, 0.25) is 0 Å². The molecule has 18 heavy (non-hydrogen) atoms. The number of methoxy groups -OCH3 is 2. The van der Waals surface area contributed by atoms with Crippen molar-refractivity contribution in [1.82, 2.24) is 9.36 Å². The lowest BCUT2D eigenvalue weighted by atomic mass is 10.3. The van der Waals surface area contributed by atoms with Gasteiger partial charge in [-0.15, -0.1) is 0 Å². The van der Waals surface area contributed by atoms with E-state index in [0.29, 0.717) is 11.5 Å². The SMILES string of the molecule is COc1cc(Nc2nc(C)ns2)cc(OC)c1Br. The molecule has 96 valence electrons.